The van der Waals surface area contributed by atoms with Gasteiger partial charge in [0.15, 0.2) is 0 Å². The average molecular weight is 277 g/mol. The Morgan fingerprint density at radius 1 is 1.26 bits per heavy atom. The van der Waals surface area contributed by atoms with Crippen LogP contribution in [0, 0.1) is 6.92 Å². The summed E-state index contributed by atoms with van der Waals surface area (Å²) in [6, 6.07) is 7.71. The van der Waals surface area contributed by atoms with Crippen LogP contribution in [0.15, 0.2) is 35.0 Å². The number of methoxy groups -OCH3 is 1. The summed E-state index contributed by atoms with van der Waals surface area (Å²) in [7, 11) is 1.64. The lowest BCUT2D eigenvalue weighted by Gasteiger charge is -2.22. The number of hydrogen-bond donors (Lipinski definition) is 2. The molecule has 0 saturated heterocycles. The summed E-state index contributed by atoms with van der Waals surface area (Å²) in [5.41, 5.74) is 8.96. The molecule has 0 spiro atoms. The SMILES string of the molecule is COc1ccc(C(CN)C(O)c2cscc2C)cc1. The van der Waals surface area contributed by atoms with Crippen LogP contribution < -0.4 is 10.5 Å². The van der Waals surface area contributed by atoms with E-state index in [-0.39, 0.29) is 5.92 Å². The van der Waals surface area contributed by atoms with Crippen LogP contribution in [-0.4, -0.2) is 18.8 Å². The molecule has 0 aliphatic rings. The highest BCUT2D eigenvalue weighted by Crippen LogP contribution is 2.34. The highest BCUT2D eigenvalue weighted by Gasteiger charge is 2.23. The molecule has 0 amide bonds. The third-order valence-electron chi connectivity index (χ3n) is 3.39. The summed E-state index contributed by atoms with van der Waals surface area (Å²) in [6.45, 7) is 2.42. The lowest BCUT2D eigenvalue weighted by atomic mass is 9.89. The Morgan fingerprint density at radius 3 is 2.42 bits per heavy atom. The van der Waals surface area contributed by atoms with Gasteiger partial charge in [-0.2, -0.15) is 11.3 Å². The Balaban J connectivity index is 2.26. The third kappa shape index (κ3) is 2.97. The van der Waals surface area contributed by atoms with Crippen LogP contribution in [0.4, 0.5) is 0 Å². The maximum Gasteiger partial charge on any atom is 0.118 e. The summed E-state index contributed by atoms with van der Waals surface area (Å²) < 4.78 is 5.14. The monoisotopic (exact) mass is 277 g/mol. The zero-order valence-corrected chi connectivity index (χ0v) is 12.0. The molecule has 0 radical (unpaired) electrons. The molecule has 0 aliphatic heterocycles. The predicted octanol–water partition coefficient (Wildman–Crippen LogP) is 2.84. The fourth-order valence-electron chi connectivity index (χ4n) is 2.19. The molecule has 1 heterocycles. The van der Waals surface area contributed by atoms with E-state index in [1.807, 2.05) is 41.9 Å². The van der Waals surface area contributed by atoms with E-state index in [4.69, 9.17) is 10.5 Å². The second kappa shape index (κ2) is 6.19. The molecule has 0 fully saturated rings. The van der Waals surface area contributed by atoms with Crippen molar-refractivity contribution in [1.29, 1.82) is 0 Å². The van der Waals surface area contributed by atoms with Gasteiger partial charge in [-0.05, 0) is 46.5 Å². The van der Waals surface area contributed by atoms with Gasteiger partial charge in [0, 0.05) is 12.5 Å². The smallest absolute Gasteiger partial charge is 0.118 e. The predicted molar refractivity (Wildman–Crippen MR) is 78.8 cm³/mol. The summed E-state index contributed by atoms with van der Waals surface area (Å²) in [6.07, 6.45) is -0.565. The highest BCUT2D eigenvalue weighted by atomic mass is 32.1. The zero-order valence-electron chi connectivity index (χ0n) is 11.2. The van der Waals surface area contributed by atoms with E-state index in [2.05, 4.69) is 0 Å². The van der Waals surface area contributed by atoms with Crippen LogP contribution in [0.3, 0.4) is 0 Å². The molecule has 0 saturated carbocycles. The minimum absolute atomic E-state index is 0.0980. The summed E-state index contributed by atoms with van der Waals surface area (Å²) in [5, 5.41) is 14.6. The van der Waals surface area contributed by atoms with Gasteiger partial charge in [-0.15, -0.1) is 0 Å². The number of hydrogen-bond acceptors (Lipinski definition) is 4. The van der Waals surface area contributed by atoms with E-state index in [0.29, 0.717) is 6.54 Å². The van der Waals surface area contributed by atoms with Gasteiger partial charge in [-0.25, -0.2) is 0 Å². The number of ether oxygens (including phenoxy) is 1. The molecule has 2 aromatic rings. The average Bonchev–Trinajstić information content (AvgIpc) is 2.86. The van der Waals surface area contributed by atoms with Crippen molar-refractivity contribution < 1.29 is 9.84 Å². The topological polar surface area (TPSA) is 55.5 Å². The van der Waals surface area contributed by atoms with E-state index in [0.717, 1.165) is 22.4 Å². The van der Waals surface area contributed by atoms with Crippen molar-refractivity contribution in [2.45, 2.75) is 18.9 Å². The number of aryl methyl sites for hydroxylation is 1. The Hall–Kier alpha value is -1.36. The lowest BCUT2D eigenvalue weighted by Crippen LogP contribution is -2.20. The van der Waals surface area contributed by atoms with E-state index >= 15 is 0 Å². The number of aliphatic hydroxyl groups excluding tert-OH is 1. The molecule has 0 bridgehead atoms. The molecule has 3 N–H and O–H groups in total. The van der Waals surface area contributed by atoms with Gasteiger partial charge in [0.1, 0.15) is 5.75 Å². The summed E-state index contributed by atoms with van der Waals surface area (Å²) in [5.74, 6) is 0.708. The first-order chi connectivity index (χ1) is 9.17. The number of nitrogens with two attached hydrogens (primary N) is 1. The van der Waals surface area contributed by atoms with Gasteiger partial charge in [-0.1, -0.05) is 12.1 Å². The molecule has 0 aliphatic carbocycles. The Morgan fingerprint density at radius 2 is 1.95 bits per heavy atom. The van der Waals surface area contributed by atoms with Crippen molar-refractivity contribution in [1.82, 2.24) is 0 Å². The number of aliphatic hydroxyl groups is 1. The maximum atomic E-state index is 10.5. The Kier molecular flexibility index (Phi) is 4.58. The third-order valence-corrected chi connectivity index (χ3v) is 4.27. The maximum absolute atomic E-state index is 10.5. The van der Waals surface area contributed by atoms with Gasteiger partial charge in [0.05, 0.1) is 13.2 Å². The summed E-state index contributed by atoms with van der Waals surface area (Å²) in [4.78, 5) is 0. The first-order valence-corrected chi connectivity index (χ1v) is 7.16. The van der Waals surface area contributed by atoms with Crippen LogP contribution in [0.25, 0.3) is 0 Å². The first kappa shape index (κ1) is 14.1. The standard InChI is InChI=1S/C15H19NO2S/c1-10-8-19-9-14(10)15(17)13(7-16)11-3-5-12(18-2)6-4-11/h3-6,8-9,13,15,17H,7,16H2,1-2H3. The molecule has 2 rings (SSSR count). The minimum Gasteiger partial charge on any atom is -0.497 e. The van der Waals surface area contributed by atoms with Crippen LogP contribution in [-0.2, 0) is 0 Å². The Labute approximate surface area is 117 Å². The van der Waals surface area contributed by atoms with Crippen molar-refractivity contribution >= 4 is 11.3 Å². The first-order valence-electron chi connectivity index (χ1n) is 6.22. The minimum atomic E-state index is -0.565. The van der Waals surface area contributed by atoms with Crippen LogP contribution in [0.1, 0.15) is 28.7 Å². The van der Waals surface area contributed by atoms with Gasteiger partial charge >= 0.3 is 0 Å². The molecule has 2 atom stereocenters. The van der Waals surface area contributed by atoms with E-state index in [9.17, 15) is 5.11 Å². The summed E-state index contributed by atoms with van der Waals surface area (Å²) >= 11 is 1.60. The quantitative estimate of drug-likeness (QED) is 0.883. The van der Waals surface area contributed by atoms with E-state index in [1.165, 1.54) is 0 Å². The highest BCUT2D eigenvalue weighted by molar-refractivity contribution is 7.08. The van der Waals surface area contributed by atoms with Gasteiger partial charge in [0.25, 0.3) is 0 Å². The molecule has 3 nitrogen and oxygen atoms in total. The fraction of sp³-hybridized carbons (Fsp3) is 0.333. The second-order valence-electron chi connectivity index (χ2n) is 4.57. The lowest BCUT2D eigenvalue weighted by molar-refractivity contribution is 0.147. The van der Waals surface area contributed by atoms with Gasteiger partial charge < -0.3 is 15.6 Å². The number of benzene rings is 1. The normalized spacial score (nSPS) is 14.1. The molecule has 19 heavy (non-hydrogen) atoms. The largest absolute Gasteiger partial charge is 0.497 e. The molecular formula is C15H19NO2S. The van der Waals surface area contributed by atoms with Crippen molar-refractivity contribution in [3.05, 3.63) is 51.7 Å². The molecule has 1 aromatic heterocycles. The van der Waals surface area contributed by atoms with Gasteiger partial charge in [0.2, 0.25) is 0 Å². The molecule has 4 heteroatoms. The van der Waals surface area contributed by atoms with Crippen LogP contribution >= 0.6 is 11.3 Å². The van der Waals surface area contributed by atoms with Crippen LogP contribution in [0.5, 0.6) is 5.75 Å². The Bertz CT molecular complexity index is 521. The second-order valence-corrected chi connectivity index (χ2v) is 5.31. The zero-order chi connectivity index (χ0) is 13.8. The van der Waals surface area contributed by atoms with Crippen molar-refractivity contribution in [3.63, 3.8) is 0 Å². The van der Waals surface area contributed by atoms with Crippen molar-refractivity contribution in [2.75, 3.05) is 13.7 Å². The van der Waals surface area contributed by atoms with Crippen molar-refractivity contribution in [2.24, 2.45) is 5.73 Å². The number of rotatable bonds is 5. The van der Waals surface area contributed by atoms with Crippen LogP contribution in [0.2, 0.25) is 0 Å². The van der Waals surface area contributed by atoms with Gasteiger partial charge in [-0.3, -0.25) is 0 Å². The van der Waals surface area contributed by atoms with E-state index in [1.54, 1.807) is 18.4 Å². The molecule has 1 aromatic carbocycles. The van der Waals surface area contributed by atoms with E-state index < -0.39 is 6.10 Å². The molecule has 102 valence electrons. The molecule has 2 unspecified atom stereocenters. The number of thiophene rings is 1. The fourth-order valence-corrected chi connectivity index (χ4v) is 3.07. The van der Waals surface area contributed by atoms with Crippen molar-refractivity contribution in [3.8, 4) is 5.75 Å². The molecular weight excluding hydrogens is 258 g/mol.